The number of benzene rings is 1. The Kier molecular flexibility index (Phi) is 5.52. The van der Waals surface area contributed by atoms with Crippen LogP contribution in [0, 0.1) is 22.0 Å². The van der Waals surface area contributed by atoms with Crippen molar-refractivity contribution in [1.82, 2.24) is 0 Å². The van der Waals surface area contributed by atoms with Crippen molar-refractivity contribution in [3.63, 3.8) is 0 Å². The van der Waals surface area contributed by atoms with Gasteiger partial charge in [0.25, 0.3) is 5.69 Å². The van der Waals surface area contributed by atoms with Crippen molar-refractivity contribution in [3.8, 4) is 17.6 Å². The fraction of sp³-hybridized carbons (Fsp3) is 0.385. The zero-order valence-electron chi connectivity index (χ0n) is 10.5. The first-order chi connectivity index (χ1) is 8.67. The van der Waals surface area contributed by atoms with Crippen LogP contribution < -0.4 is 10.1 Å². The van der Waals surface area contributed by atoms with Crippen LogP contribution >= 0.6 is 0 Å². The number of hydrogen-bond acceptors (Lipinski definition) is 4. The molecule has 0 bridgehead atoms. The summed E-state index contributed by atoms with van der Waals surface area (Å²) in [6, 6.07) is 4.65. The van der Waals surface area contributed by atoms with Gasteiger partial charge in [-0.05, 0) is 13.8 Å². The Labute approximate surface area is 106 Å². The van der Waals surface area contributed by atoms with Gasteiger partial charge in [0, 0.05) is 30.8 Å². The Hall–Kier alpha value is -2.22. The lowest BCUT2D eigenvalue weighted by Crippen LogP contribution is -2.02. The van der Waals surface area contributed by atoms with E-state index >= 15 is 0 Å². The standard InChI is InChI=1S/C13H16N2O3/c1-3-5-6-7-14-11-8-12(15(16)17)10-13(9-11)18-4-2/h8-10,14H,4,6-7H2,1-2H3. The van der Waals surface area contributed by atoms with E-state index in [9.17, 15) is 10.1 Å². The van der Waals surface area contributed by atoms with Gasteiger partial charge >= 0.3 is 0 Å². The van der Waals surface area contributed by atoms with Crippen molar-refractivity contribution >= 4 is 11.4 Å². The molecule has 0 fully saturated rings. The average Bonchev–Trinajstić information content (AvgIpc) is 2.35. The molecule has 0 radical (unpaired) electrons. The number of hydrogen-bond donors (Lipinski definition) is 1. The Morgan fingerprint density at radius 1 is 1.44 bits per heavy atom. The van der Waals surface area contributed by atoms with Crippen LogP contribution in [0.15, 0.2) is 18.2 Å². The van der Waals surface area contributed by atoms with Crippen LogP contribution in [0.5, 0.6) is 5.75 Å². The van der Waals surface area contributed by atoms with Gasteiger partial charge in [-0.1, -0.05) is 0 Å². The maximum Gasteiger partial charge on any atom is 0.275 e. The highest BCUT2D eigenvalue weighted by atomic mass is 16.6. The van der Waals surface area contributed by atoms with E-state index in [2.05, 4.69) is 17.2 Å². The minimum absolute atomic E-state index is 0.0185. The fourth-order valence-corrected chi connectivity index (χ4v) is 1.44. The number of nitro groups is 1. The molecule has 1 N–H and O–H groups in total. The molecule has 0 saturated carbocycles. The molecule has 5 heteroatoms. The third kappa shape index (κ3) is 4.34. The second-order valence-electron chi connectivity index (χ2n) is 3.51. The summed E-state index contributed by atoms with van der Waals surface area (Å²) < 4.78 is 5.29. The summed E-state index contributed by atoms with van der Waals surface area (Å²) in [5.41, 5.74) is 0.690. The number of ether oxygens (including phenoxy) is 1. The SMILES string of the molecule is CC#CCCNc1cc(OCC)cc([N+](=O)[O-])c1. The number of nitro benzene ring substituents is 1. The van der Waals surface area contributed by atoms with Crippen molar-refractivity contribution < 1.29 is 9.66 Å². The highest BCUT2D eigenvalue weighted by molar-refractivity contribution is 5.56. The Morgan fingerprint density at radius 3 is 2.83 bits per heavy atom. The van der Waals surface area contributed by atoms with Gasteiger partial charge in [0.05, 0.1) is 17.6 Å². The Morgan fingerprint density at radius 2 is 2.22 bits per heavy atom. The summed E-state index contributed by atoms with van der Waals surface area (Å²) in [7, 11) is 0. The normalized spacial score (nSPS) is 9.22. The summed E-state index contributed by atoms with van der Waals surface area (Å²) >= 11 is 0. The molecule has 0 atom stereocenters. The van der Waals surface area contributed by atoms with E-state index in [1.807, 2.05) is 6.92 Å². The van der Waals surface area contributed by atoms with E-state index in [-0.39, 0.29) is 5.69 Å². The molecule has 0 amide bonds. The molecule has 18 heavy (non-hydrogen) atoms. The summed E-state index contributed by atoms with van der Waals surface area (Å²) in [5, 5.41) is 13.9. The second-order valence-corrected chi connectivity index (χ2v) is 3.51. The van der Waals surface area contributed by atoms with Gasteiger partial charge in [-0.2, -0.15) is 0 Å². The monoisotopic (exact) mass is 248 g/mol. The molecule has 0 aliphatic heterocycles. The predicted molar refractivity (Wildman–Crippen MR) is 70.8 cm³/mol. The van der Waals surface area contributed by atoms with Gasteiger partial charge in [-0.25, -0.2) is 0 Å². The van der Waals surface area contributed by atoms with Crippen LogP contribution in [0.3, 0.4) is 0 Å². The van der Waals surface area contributed by atoms with Crippen molar-refractivity contribution in [3.05, 3.63) is 28.3 Å². The van der Waals surface area contributed by atoms with Gasteiger partial charge < -0.3 is 10.1 Å². The second kappa shape index (κ2) is 7.17. The Balaban J connectivity index is 2.80. The van der Waals surface area contributed by atoms with Crippen molar-refractivity contribution in [2.45, 2.75) is 20.3 Å². The van der Waals surface area contributed by atoms with Crippen LogP contribution in [0.2, 0.25) is 0 Å². The van der Waals surface area contributed by atoms with Crippen LogP contribution in [0.1, 0.15) is 20.3 Å². The average molecular weight is 248 g/mol. The maximum absolute atomic E-state index is 10.8. The number of nitrogens with zero attached hydrogens (tertiary/aromatic N) is 1. The zero-order valence-corrected chi connectivity index (χ0v) is 10.5. The third-order valence-electron chi connectivity index (χ3n) is 2.17. The first-order valence-corrected chi connectivity index (χ1v) is 5.73. The molecular weight excluding hydrogens is 232 g/mol. The number of rotatable bonds is 6. The summed E-state index contributed by atoms with van der Waals surface area (Å²) in [6.45, 7) is 4.73. The van der Waals surface area contributed by atoms with Crippen molar-refractivity contribution in [1.29, 1.82) is 0 Å². The lowest BCUT2D eigenvalue weighted by atomic mass is 10.2. The fourth-order valence-electron chi connectivity index (χ4n) is 1.44. The molecule has 0 aliphatic carbocycles. The van der Waals surface area contributed by atoms with Crippen LogP contribution in [0.25, 0.3) is 0 Å². The zero-order chi connectivity index (χ0) is 13.4. The summed E-state index contributed by atoms with van der Waals surface area (Å²) in [4.78, 5) is 10.4. The molecule has 0 heterocycles. The van der Waals surface area contributed by atoms with E-state index in [1.54, 1.807) is 13.0 Å². The summed E-state index contributed by atoms with van der Waals surface area (Å²) in [5.74, 6) is 6.21. The van der Waals surface area contributed by atoms with Crippen LogP contribution in [0.4, 0.5) is 11.4 Å². The summed E-state index contributed by atoms with van der Waals surface area (Å²) in [6.07, 6.45) is 0.698. The highest BCUT2D eigenvalue weighted by Crippen LogP contribution is 2.25. The van der Waals surface area contributed by atoms with E-state index in [1.165, 1.54) is 12.1 Å². The van der Waals surface area contributed by atoms with Gasteiger partial charge in [0.1, 0.15) is 5.75 Å². The van der Waals surface area contributed by atoms with Crippen LogP contribution in [-0.2, 0) is 0 Å². The van der Waals surface area contributed by atoms with E-state index in [0.29, 0.717) is 31.0 Å². The van der Waals surface area contributed by atoms with E-state index < -0.39 is 4.92 Å². The quantitative estimate of drug-likeness (QED) is 0.364. The molecule has 0 saturated heterocycles. The molecule has 0 aliphatic rings. The highest BCUT2D eigenvalue weighted by Gasteiger charge is 2.10. The molecule has 5 nitrogen and oxygen atoms in total. The minimum Gasteiger partial charge on any atom is -0.494 e. The molecule has 96 valence electrons. The van der Waals surface area contributed by atoms with Gasteiger partial charge in [-0.15, -0.1) is 11.8 Å². The molecule has 1 rings (SSSR count). The number of non-ortho nitro benzene ring substituents is 1. The minimum atomic E-state index is -0.431. The molecule has 1 aromatic rings. The lowest BCUT2D eigenvalue weighted by Gasteiger charge is -2.08. The van der Waals surface area contributed by atoms with Gasteiger partial charge in [0.15, 0.2) is 0 Å². The smallest absolute Gasteiger partial charge is 0.275 e. The number of anilines is 1. The molecule has 1 aromatic carbocycles. The van der Waals surface area contributed by atoms with E-state index in [4.69, 9.17) is 4.74 Å². The van der Waals surface area contributed by atoms with E-state index in [0.717, 1.165) is 0 Å². The van der Waals surface area contributed by atoms with Crippen LogP contribution in [-0.4, -0.2) is 18.1 Å². The first kappa shape index (κ1) is 13.8. The molecular formula is C13H16N2O3. The largest absolute Gasteiger partial charge is 0.494 e. The lowest BCUT2D eigenvalue weighted by molar-refractivity contribution is -0.384. The van der Waals surface area contributed by atoms with Gasteiger partial charge in [-0.3, -0.25) is 10.1 Å². The topological polar surface area (TPSA) is 64.4 Å². The molecule has 0 aromatic heterocycles. The van der Waals surface area contributed by atoms with Crippen molar-refractivity contribution in [2.24, 2.45) is 0 Å². The van der Waals surface area contributed by atoms with Gasteiger partial charge in [0.2, 0.25) is 0 Å². The first-order valence-electron chi connectivity index (χ1n) is 5.73. The van der Waals surface area contributed by atoms with Crippen molar-refractivity contribution in [2.75, 3.05) is 18.5 Å². The Bertz CT molecular complexity index is 475. The number of nitrogens with one attached hydrogen (secondary N) is 1. The molecule has 0 unspecified atom stereocenters. The third-order valence-corrected chi connectivity index (χ3v) is 2.17. The maximum atomic E-state index is 10.8. The predicted octanol–water partition coefficient (Wildman–Crippen LogP) is 2.82. The molecule has 0 spiro atoms.